The summed E-state index contributed by atoms with van der Waals surface area (Å²) in [6, 6.07) is 17.0. The highest BCUT2D eigenvalue weighted by molar-refractivity contribution is 6.16. The van der Waals surface area contributed by atoms with E-state index in [4.69, 9.17) is 4.74 Å². The van der Waals surface area contributed by atoms with Crippen molar-refractivity contribution in [3.05, 3.63) is 84.2 Å². The molecule has 0 saturated carbocycles. The number of hydrogen-bond donors (Lipinski definition) is 3. The van der Waals surface area contributed by atoms with Crippen LogP contribution >= 0.6 is 0 Å². The first-order chi connectivity index (χ1) is 14.1. The van der Waals surface area contributed by atoms with Crippen LogP contribution in [0, 0.1) is 0 Å². The fraction of sp³-hybridized carbons (Fsp3) is 0.0455. The molecular weight excluding hydrogens is 368 g/mol. The number of fused-ring (bicyclic) bond motifs is 1. The maximum Gasteiger partial charge on any atom is 0.323 e. The molecular formula is C22H18N4O3. The number of hydrogen-bond acceptors (Lipinski definition) is 4. The molecule has 144 valence electrons. The SMILES string of the molecule is COc1cccc(NC(=O)Nc2cccc(C(=O)c3c[nH]c4ncccc34)c2)c1. The second-order valence-corrected chi connectivity index (χ2v) is 6.32. The molecule has 7 nitrogen and oxygen atoms in total. The molecule has 0 unspecified atom stereocenters. The number of ketones is 1. The zero-order valence-corrected chi connectivity index (χ0v) is 15.6. The second-order valence-electron chi connectivity index (χ2n) is 6.32. The van der Waals surface area contributed by atoms with E-state index in [1.807, 2.05) is 6.07 Å². The summed E-state index contributed by atoms with van der Waals surface area (Å²) < 4.78 is 5.15. The van der Waals surface area contributed by atoms with Crippen LogP contribution in [-0.4, -0.2) is 28.9 Å². The number of methoxy groups -OCH3 is 1. The molecule has 4 rings (SSSR count). The van der Waals surface area contributed by atoms with Crippen molar-refractivity contribution in [2.45, 2.75) is 0 Å². The molecule has 0 aliphatic heterocycles. The number of H-pyrrole nitrogens is 1. The predicted octanol–water partition coefficient (Wildman–Crippen LogP) is 4.45. The Morgan fingerprint density at radius 3 is 2.52 bits per heavy atom. The van der Waals surface area contributed by atoms with E-state index in [9.17, 15) is 9.59 Å². The van der Waals surface area contributed by atoms with Crippen LogP contribution in [0.4, 0.5) is 16.2 Å². The topological polar surface area (TPSA) is 96.1 Å². The fourth-order valence-electron chi connectivity index (χ4n) is 3.03. The standard InChI is InChI=1S/C22H18N4O3/c1-29-17-8-3-7-16(12-17)26-22(28)25-15-6-2-5-14(11-15)20(27)19-13-24-21-18(19)9-4-10-23-21/h2-13H,1H3,(H,23,24)(H2,25,26,28). The van der Waals surface area contributed by atoms with Gasteiger partial charge in [-0.3, -0.25) is 4.79 Å². The molecule has 2 heterocycles. The van der Waals surface area contributed by atoms with E-state index in [1.165, 1.54) is 0 Å². The van der Waals surface area contributed by atoms with Crippen molar-refractivity contribution in [3.8, 4) is 5.75 Å². The molecule has 0 fully saturated rings. The van der Waals surface area contributed by atoms with Gasteiger partial charge in [-0.2, -0.15) is 0 Å². The van der Waals surface area contributed by atoms with Crippen LogP contribution in [0.15, 0.2) is 73.1 Å². The number of benzene rings is 2. The van der Waals surface area contributed by atoms with E-state index in [1.54, 1.807) is 74.1 Å². The van der Waals surface area contributed by atoms with Crippen molar-refractivity contribution in [2.24, 2.45) is 0 Å². The van der Waals surface area contributed by atoms with Gasteiger partial charge in [0.2, 0.25) is 0 Å². The Labute approximate surface area is 166 Å². The lowest BCUT2D eigenvalue weighted by Gasteiger charge is -2.09. The number of ether oxygens (including phenoxy) is 1. The van der Waals surface area contributed by atoms with Crippen molar-refractivity contribution in [1.82, 2.24) is 9.97 Å². The maximum absolute atomic E-state index is 12.9. The van der Waals surface area contributed by atoms with Crippen LogP contribution in [-0.2, 0) is 0 Å². The van der Waals surface area contributed by atoms with Crippen LogP contribution in [0.1, 0.15) is 15.9 Å². The van der Waals surface area contributed by atoms with Crippen molar-refractivity contribution < 1.29 is 14.3 Å². The molecule has 0 saturated heterocycles. The van der Waals surface area contributed by atoms with E-state index in [0.717, 1.165) is 5.39 Å². The summed E-state index contributed by atoms with van der Waals surface area (Å²) in [6.07, 6.45) is 3.31. The average molecular weight is 386 g/mol. The number of urea groups is 1. The van der Waals surface area contributed by atoms with Gasteiger partial charge in [-0.05, 0) is 36.4 Å². The van der Waals surface area contributed by atoms with Gasteiger partial charge in [0.15, 0.2) is 5.78 Å². The number of carbonyl (C=O) groups is 2. The summed E-state index contributed by atoms with van der Waals surface area (Å²) in [5.74, 6) is 0.490. The van der Waals surface area contributed by atoms with E-state index in [2.05, 4.69) is 20.6 Å². The molecule has 2 aromatic carbocycles. The lowest BCUT2D eigenvalue weighted by molar-refractivity contribution is 0.104. The van der Waals surface area contributed by atoms with E-state index in [0.29, 0.717) is 33.9 Å². The van der Waals surface area contributed by atoms with Crippen molar-refractivity contribution in [2.75, 3.05) is 17.7 Å². The minimum Gasteiger partial charge on any atom is -0.497 e. The lowest BCUT2D eigenvalue weighted by atomic mass is 10.0. The molecule has 0 spiro atoms. The van der Waals surface area contributed by atoms with Crippen LogP contribution in [0.25, 0.3) is 11.0 Å². The number of rotatable bonds is 5. The van der Waals surface area contributed by atoms with Crippen LogP contribution in [0.3, 0.4) is 0 Å². The third-order valence-corrected chi connectivity index (χ3v) is 4.41. The largest absolute Gasteiger partial charge is 0.497 e. The second kappa shape index (κ2) is 7.85. The molecule has 2 amide bonds. The van der Waals surface area contributed by atoms with Gasteiger partial charge in [0, 0.05) is 46.3 Å². The zero-order chi connectivity index (χ0) is 20.2. The number of amides is 2. The van der Waals surface area contributed by atoms with Gasteiger partial charge >= 0.3 is 6.03 Å². The van der Waals surface area contributed by atoms with Gasteiger partial charge in [0.25, 0.3) is 0 Å². The Morgan fingerprint density at radius 2 is 1.72 bits per heavy atom. The molecule has 0 atom stereocenters. The Kier molecular flexibility index (Phi) is 4.94. The highest BCUT2D eigenvalue weighted by atomic mass is 16.5. The summed E-state index contributed by atoms with van der Waals surface area (Å²) in [7, 11) is 1.56. The molecule has 29 heavy (non-hydrogen) atoms. The first kappa shape index (κ1) is 18.2. The summed E-state index contributed by atoms with van der Waals surface area (Å²) >= 11 is 0. The van der Waals surface area contributed by atoms with Gasteiger partial charge in [-0.1, -0.05) is 18.2 Å². The summed E-state index contributed by atoms with van der Waals surface area (Å²) in [5.41, 5.74) is 2.76. The summed E-state index contributed by atoms with van der Waals surface area (Å²) in [6.45, 7) is 0. The lowest BCUT2D eigenvalue weighted by Crippen LogP contribution is -2.19. The minimum absolute atomic E-state index is 0.152. The van der Waals surface area contributed by atoms with Gasteiger partial charge in [0.05, 0.1) is 7.11 Å². The summed E-state index contributed by atoms with van der Waals surface area (Å²) in [4.78, 5) is 32.4. The first-order valence-electron chi connectivity index (χ1n) is 8.93. The van der Waals surface area contributed by atoms with Crippen LogP contribution in [0.5, 0.6) is 5.75 Å². The van der Waals surface area contributed by atoms with Crippen molar-refractivity contribution in [1.29, 1.82) is 0 Å². The third kappa shape index (κ3) is 3.93. The van der Waals surface area contributed by atoms with Crippen LogP contribution in [0.2, 0.25) is 0 Å². The highest BCUT2D eigenvalue weighted by Gasteiger charge is 2.15. The molecule has 0 aliphatic carbocycles. The minimum atomic E-state index is -0.417. The normalized spacial score (nSPS) is 10.5. The highest BCUT2D eigenvalue weighted by Crippen LogP contribution is 2.22. The quantitative estimate of drug-likeness (QED) is 0.442. The van der Waals surface area contributed by atoms with Crippen LogP contribution < -0.4 is 15.4 Å². The fourth-order valence-corrected chi connectivity index (χ4v) is 3.03. The molecule has 0 radical (unpaired) electrons. The number of carbonyl (C=O) groups excluding carboxylic acids is 2. The Hall–Kier alpha value is -4.13. The van der Waals surface area contributed by atoms with Gasteiger partial charge < -0.3 is 20.4 Å². The van der Waals surface area contributed by atoms with Crippen molar-refractivity contribution in [3.63, 3.8) is 0 Å². The average Bonchev–Trinajstić information content (AvgIpc) is 3.17. The number of nitrogens with zero attached hydrogens (tertiary/aromatic N) is 1. The Balaban J connectivity index is 1.51. The maximum atomic E-state index is 12.9. The summed E-state index contributed by atoms with van der Waals surface area (Å²) in [5, 5.41) is 6.24. The molecule has 7 heteroatoms. The van der Waals surface area contributed by atoms with Gasteiger partial charge in [-0.25, -0.2) is 9.78 Å². The van der Waals surface area contributed by atoms with Gasteiger partial charge in [0.1, 0.15) is 11.4 Å². The first-order valence-corrected chi connectivity index (χ1v) is 8.93. The number of aromatic amines is 1. The number of nitrogens with one attached hydrogen (secondary N) is 3. The number of pyridine rings is 1. The Morgan fingerprint density at radius 1 is 0.966 bits per heavy atom. The molecule has 0 aliphatic rings. The smallest absolute Gasteiger partial charge is 0.323 e. The molecule has 2 aromatic heterocycles. The van der Waals surface area contributed by atoms with Crippen molar-refractivity contribution >= 4 is 34.2 Å². The zero-order valence-electron chi connectivity index (χ0n) is 15.6. The predicted molar refractivity (Wildman–Crippen MR) is 112 cm³/mol. The number of aromatic nitrogens is 2. The van der Waals surface area contributed by atoms with E-state index >= 15 is 0 Å². The Bertz CT molecular complexity index is 1200. The van der Waals surface area contributed by atoms with Gasteiger partial charge in [-0.15, -0.1) is 0 Å². The van der Waals surface area contributed by atoms with E-state index < -0.39 is 6.03 Å². The third-order valence-electron chi connectivity index (χ3n) is 4.41. The number of anilines is 2. The molecule has 3 N–H and O–H groups in total. The van der Waals surface area contributed by atoms with E-state index in [-0.39, 0.29) is 5.78 Å². The molecule has 4 aromatic rings. The monoisotopic (exact) mass is 386 g/mol. The molecule has 0 bridgehead atoms.